The standard InChI is InChI=1S/C24H16BrN3O2S/c25-18-11-12-19(29)17(13-18)14-20-23(30)28-22(16-9-5-2-6-10-16)21(26-27-24(28)31-20)15-7-3-1-4-8-15/h1-14,22,29H/b20-14-. The normalized spacial score (nSPS) is 15.8. The minimum absolute atomic E-state index is 0.108. The third-order valence-electron chi connectivity index (χ3n) is 5.06. The topological polar surface area (TPSA) is 66.9 Å². The summed E-state index contributed by atoms with van der Waals surface area (Å²) in [6.07, 6.45) is 1.69. The highest BCUT2D eigenvalue weighted by Gasteiger charge is 2.28. The van der Waals surface area contributed by atoms with Crippen molar-refractivity contribution in [2.75, 3.05) is 0 Å². The zero-order valence-electron chi connectivity index (χ0n) is 16.1. The Morgan fingerprint density at radius 2 is 1.68 bits per heavy atom. The second-order valence-electron chi connectivity index (χ2n) is 7.04. The summed E-state index contributed by atoms with van der Waals surface area (Å²) in [5, 5.41) is 19.1. The van der Waals surface area contributed by atoms with Gasteiger partial charge in [-0.05, 0) is 29.8 Å². The van der Waals surface area contributed by atoms with Crippen LogP contribution in [0.15, 0.2) is 98.3 Å². The molecule has 1 atom stereocenters. The van der Waals surface area contributed by atoms with Gasteiger partial charge in [0.1, 0.15) is 11.8 Å². The number of aromatic hydroxyl groups is 1. The van der Waals surface area contributed by atoms with E-state index in [0.717, 1.165) is 21.3 Å². The van der Waals surface area contributed by atoms with Crippen LogP contribution in [-0.4, -0.2) is 15.4 Å². The summed E-state index contributed by atoms with van der Waals surface area (Å²) in [7, 11) is 0. The maximum Gasteiger partial charge on any atom is 0.271 e. The molecular formula is C24H16BrN3O2S. The number of hydrogen-bond acceptors (Lipinski definition) is 5. The number of aromatic nitrogens is 1. The largest absolute Gasteiger partial charge is 0.507 e. The van der Waals surface area contributed by atoms with E-state index >= 15 is 0 Å². The van der Waals surface area contributed by atoms with Crippen LogP contribution in [0.3, 0.4) is 0 Å². The zero-order valence-corrected chi connectivity index (χ0v) is 18.5. The van der Waals surface area contributed by atoms with Crippen LogP contribution in [-0.2, 0) is 0 Å². The summed E-state index contributed by atoms with van der Waals surface area (Å²) in [4.78, 5) is 14.0. The highest BCUT2D eigenvalue weighted by atomic mass is 79.9. The Balaban J connectivity index is 1.74. The quantitative estimate of drug-likeness (QED) is 0.475. The van der Waals surface area contributed by atoms with E-state index in [0.29, 0.717) is 14.9 Å². The molecular weight excluding hydrogens is 474 g/mol. The molecule has 3 aromatic carbocycles. The molecule has 0 fully saturated rings. The number of benzene rings is 3. The van der Waals surface area contributed by atoms with Gasteiger partial charge in [-0.3, -0.25) is 9.36 Å². The van der Waals surface area contributed by atoms with Crippen molar-refractivity contribution in [3.8, 4) is 5.75 Å². The predicted octanol–water partition coefficient (Wildman–Crippen LogP) is 3.83. The van der Waals surface area contributed by atoms with Crippen LogP contribution in [0.1, 0.15) is 22.7 Å². The maximum atomic E-state index is 13.5. The van der Waals surface area contributed by atoms with Crippen LogP contribution in [0.2, 0.25) is 0 Å². The average Bonchev–Trinajstić information content (AvgIpc) is 3.12. The number of halogens is 1. The van der Waals surface area contributed by atoms with Gasteiger partial charge in [0, 0.05) is 15.6 Å². The minimum Gasteiger partial charge on any atom is -0.507 e. The molecule has 1 unspecified atom stereocenters. The fourth-order valence-electron chi connectivity index (χ4n) is 3.61. The van der Waals surface area contributed by atoms with E-state index in [1.165, 1.54) is 11.3 Å². The molecule has 31 heavy (non-hydrogen) atoms. The van der Waals surface area contributed by atoms with E-state index in [1.807, 2.05) is 60.7 Å². The first kappa shape index (κ1) is 19.7. The van der Waals surface area contributed by atoms with Gasteiger partial charge in [0.15, 0.2) is 0 Å². The maximum absolute atomic E-state index is 13.5. The Morgan fingerprint density at radius 1 is 0.968 bits per heavy atom. The van der Waals surface area contributed by atoms with Gasteiger partial charge in [0.05, 0.1) is 10.2 Å². The molecule has 0 saturated carbocycles. The van der Waals surface area contributed by atoms with Crippen molar-refractivity contribution >= 4 is 39.1 Å². The molecule has 0 saturated heterocycles. The van der Waals surface area contributed by atoms with Crippen LogP contribution in [0.4, 0.5) is 0 Å². The number of thiazole rings is 1. The zero-order chi connectivity index (χ0) is 21.4. The summed E-state index contributed by atoms with van der Waals surface area (Å²) >= 11 is 4.67. The van der Waals surface area contributed by atoms with Gasteiger partial charge >= 0.3 is 0 Å². The van der Waals surface area contributed by atoms with Crippen molar-refractivity contribution in [1.82, 2.24) is 4.57 Å². The van der Waals surface area contributed by atoms with Gasteiger partial charge in [-0.1, -0.05) is 87.9 Å². The SMILES string of the molecule is O=c1/c(=C/c2cc(Br)ccc2O)sc2n1C(c1ccccc1)C(c1ccccc1)=NN=2. The molecule has 1 aromatic heterocycles. The fraction of sp³-hybridized carbons (Fsp3) is 0.0417. The Bertz CT molecular complexity index is 1470. The van der Waals surface area contributed by atoms with Crippen LogP contribution in [0.5, 0.6) is 5.75 Å². The second kappa shape index (κ2) is 8.09. The van der Waals surface area contributed by atoms with Gasteiger partial charge in [0.25, 0.3) is 5.56 Å². The number of nitrogens with zero attached hydrogens (tertiary/aromatic N) is 3. The third-order valence-corrected chi connectivity index (χ3v) is 6.52. The van der Waals surface area contributed by atoms with E-state index in [2.05, 4.69) is 26.1 Å². The molecule has 0 bridgehead atoms. The van der Waals surface area contributed by atoms with E-state index < -0.39 is 6.04 Å². The van der Waals surface area contributed by atoms with Crippen molar-refractivity contribution < 1.29 is 5.11 Å². The molecule has 1 aliphatic rings. The summed E-state index contributed by atoms with van der Waals surface area (Å²) in [5.41, 5.74) is 2.99. The second-order valence-corrected chi connectivity index (χ2v) is 8.96. The molecule has 0 amide bonds. The molecule has 5 nitrogen and oxygen atoms in total. The van der Waals surface area contributed by atoms with Crippen LogP contribution in [0, 0.1) is 0 Å². The Hall–Kier alpha value is -3.29. The lowest BCUT2D eigenvalue weighted by Crippen LogP contribution is -2.40. The molecule has 4 aromatic rings. The fourth-order valence-corrected chi connectivity index (χ4v) is 4.92. The summed E-state index contributed by atoms with van der Waals surface area (Å²) in [5.74, 6) is 0.108. The lowest BCUT2D eigenvalue weighted by Gasteiger charge is -2.22. The molecule has 1 N–H and O–H groups in total. The third kappa shape index (κ3) is 3.66. The smallest absolute Gasteiger partial charge is 0.271 e. The van der Waals surface area contributed by atoms with E-state index in [-0.39, 0.29) is 11.3 Å². The molecule has 2 heterocycles. The predicted molar refractivity (Wildman–Crippen MR) is 126 cm³/mol. The van der Waals surface area contributed by atoms with Gasteiger partial charge in [0.2, 0.25) is 4.80 Å². The molecule has 5 rings (SSSR count). The number of rotatable bonds is 3. The van der Waals surface area contributed by atoms with Gasteiger partial charge < -0.3 is 5.11 Å². The van der Waals surface area contributed by atoms with Gasteiger partial charge in [-0.25, -0.2) is 0 Å². The highest BCUT2D eigenvalue weighted by molar-refractivity contribution is 9.10. The summed E-state index contributed by atoms with van der Waals surface area (Å²) < 4.78 is 2.99. The van der Waals surface area contributed by atoms with Crippen LogP contribution >= 0.6 is 27.3 Å². The van der Waals surface area contributed by atoms with E-state index in [1.54, 1.807) is 28.8 Å². The molecule has 1 aliphatic heterocycles. The Kier molecular flexibility index (Phi) is 5.13. The molecule has 7 heteroatoms. The van der Waals surface area contributed by atoms with Gasteiger partial charge in [-0.15, -0.1) is 10.2 Å². The van der Waals surface area contributed by atoms with Crippen LogP contribution < -0.4 is 14.9 Å². The van der Waals surface area contributed by atoms with Crippen molar-refractivity contribution in [1.29, 1.82) is 0 Å². The summed E-state index contributed by atoms with van der Waals surface area (Å²) in [6, 6.07) is 24.3. The Labute approximate surface area is 190 Å². The van der Waals surface area contributed by atoms with Crippen molar-refractivity contribution in [2.45, 2.75) is 6.04 Å². The van der Waals surface area contributed by atoms with Crippen LogP contribution in [0.25, 0.3) is 6.08 Å². The number of hydrogen-bond donors (Lipinski definition) is 1. The minimum atomic E-state index is -0.391. The Morgan fingerprint density at radius 3 is 2.42 bits per heavy atom. The molecule has 0 spiro atoms. The molecule has 152 valence electrons. The van der Waals surface area contributed by atoms with E-state index in [4.69, 9.17) is 0 Å². The lowest BCUT2D eigenvalue weighted by atomic mass is 9.96. The van der Waals surface area contributed by atoms with Crippen molar-refractivity contribution in [3.63, 3.8) is 0 Å². The monoisotopic (exact) mass is 489 g/mol. The first-order valence-corrected chi connectivity index (χ1v) is 11.2. The average molecular weight is 490 g/mol. The van der Waals surface area contributed by atoms with E-state index in [9.17, 15) is 9.90 Å². The number of phenolic OH excluding ortho intramolecular Hbond substituents is 1. The van der Waals surface area contributed by atoms with Crippen molar-refractivity contribution in [2.24, 2.45) is 10.2 Å². The number of phenols is 1. The lowest BCUT2D eigenvalue weighted by molar-refractivity contribution is 0.474. The highest BCUT2D eigenvalue weighted by Crippen LogP contribution is 2.25. The van der Waals surface area contributed by atoms with Crippen molar-refractivity contribution in [3.05, 3.63) is 120 Å². The first-order valence-electron chi connectivity index (χ1n) is 9.59. The summed E-state index contributed by atoms with van der Waals surface area (Å²) in [6.45, 7) is 0. The van der Waals surface area contributed by atoms with Gasteiger partial charge in [-0.2, -0.15) is 0 Å². The molecule has 0 radical (unpaired) electrons. The molecule has 0 aliphatic carbocycles. The number of fused-ring (bicyclic) bond motifs is 1. The first-order chi connectivity index (χ1) is 15.1.